The van der Waals surface area contributed by atoms with E-state index in [-0.39, 0.29) is 5.91 Å². The Kier molecular flexibility index (Phi) is 5.69. The van der Waals surface area contributed by atoms with Gasteiger partial charge in [-0.15, -0.1) is 0 Å². The second-order valence-electron chi connectivity index (χ2n) is 6.33. The van der Waals surface area contributed by atoms with Crippen LogP contribution in [0.3, 0.4) is 0 Å². The summed E-state index contributed by atoms with van der Waals surface area (Å²) in [6.07, 6.45) is 3.56. The third-order valence-electron chi connectivity index (χ3n) is 4.37. The van der Waals surface area contributed by atoms with Gasteiger partial charge in [0, 0.05) is 25.8 Å². The minimum absolute atomic E-state index is 0.186. The van der Waals surface area contributed by atoms with Crippen molar-refractivity contribution in [1.82, 2.24) is 10.3 Å². The average molecular weight is 350 g/mol. The second-order valence-corrected chi connectivity index (χ2v) is 6.33. The van der Waals surface area contributed by atoms with Gasteiger partial charge in [-0.25, -0.2) is 4.98 Å². The summed E-state index contributed by atoms with van der Waals surface area (Å²) in [6, 6.07) is 12.7. The van der Waals surface area contributed by atoms with E-state index in [1.165, 1.54) is 12.8 Å². The minimum atomic E-state index is -0.622. The van der Waals surface area contributed by atoms with E-state index in [2.05, 4.69) is 21.3 Å². The third kappa shape index (κ3) is 4.51. The van der Waals surface area contributed by atoms with Crippen molar-refractivity contribution in [3.05, 3.63) is 53.7 Å². The normalized spacial score (nSPS) is 14.5. The molecule has 0 saturated carbocycles. The summed E-state index contributed by atoms with van der Waals surface area (Å²) >= 11 is 0. The number of amides is 1. The van der Waals surface area contributed by atoms with Crippen LogP contribution in [0.5, 0.6) is 5.75 Å². The molecule has 6 nitrogen and oxygen atoms in total. The van der Waals surface area contributed by atoms with Crippen molar-refractivity contribution in [2.45, 2.75) is 32.4 Å². The number of hydrogen-bond acceptors (Lipinski definition) is 5. The molecular formula is C20H22N4O2. The molecule has 134 valence electrons. The van der Waals surface area contributed by atoms with Crippen LogP contribution < -0.4 is 15.0 Å². The Morgan fingerprint density at radius 2 is 2.04 bits per heavy atom. The molecule has 0 bridgehead atoms. The van der Waals surface area contributed by atoms with Crippen molar-refractivity contribution in [2.24, 2.45) is 0 Å². The lowest BCUT2D eigenvalue weighted by atomic mass is 10.2. The van der Waals surface area contributed by atoms with Crippen molar-refractivity contribution in [3.63, 3.8) is 0 Å². The molecule has 0 radical (unpaired) electrons. The van der Waals surface area contributed by atoms with Crippen LogP contribution in [0.25, 0.3) is 0 Å². The number of pyridine rings is 1. The fourth-order valence-corrected chi connectivity index (χ4v) is 2.89. The van der Waals surface area contributed by atoms with E-state index in [1.54, 1.807) is 37.4 Å². The zero-order valence-corrected chi connectivity index (χ0v) is 14.8. The highest BCUT2D eigenvalue weighted by molar-refractivity contribution is 5.80. The lowest BCUT2D eigenvalue weighted by molar-refractivity contribution is -0.127. The van der Waals surface area contributed by atoms with Crippen molar-refractivity contribution in [2.75, 3.05) is 18.0 Å². The summed E-state index contributed by atoms with van der Waals surface area (Å²) in [4.78, 5) is 19.0. The van der Waals surface area contributed by atoms with E-state index >= 15 is 0 Å². The van der Waals surface area contributed by atoms with E-state index < -0.39 is 6.10 Å². The largest absolute Gasteiger partial charge is 0.481 e. The lowest BCUT2D eigenvalue weighted by Gasteiger charge is -2.18. The molecule has 1 fully saturated rings. The Labute approximate surface area is 153 Å². The maximum Gasteiger partial charge on any atom is 0.261 e. The molecule has 0 spiro atoms. The zero-order chi connectivity index (χ0) is 18.4. The molecule has 1 N–H and O–H groups in total. The number of nitriles is 1. The Morgan fingerprint density at radius 3 is 2.73 bits per heavy atom. The summed E-state index contributed by atoms with van der Waals surface area (Å²) in [6.45, 7) is 4.22. The first kappa shape index (κ1) is 17.7. The van der Waals surface area contributed by atoms with E-state index in [9.17, 15) is 4.79 Å². The summed E-state index contributed by atoms with van der Waals surface area (Å²) in [5.74, 6) is 1.34. The predicted molar refractivity (Wildman–Crippen MR) is 98.8 cm³/mol. The highest BCUT2D eigenvalue weighted by atomic mass is 16.5. The topological polar surface area (TPSA) is 78.2 Å². The third-order valence-corrected chi connectivity index (χ3v) is 4.37. The quantitative estimate of drug-likeness (QED) is 0.866. The van der Waals surface area contributed by atoms with Gasteiger partial charge in [0.2, 0.25) is 0 Å². The van der Waals surface area contributed by atoms with Crippen LogP contribution in [-0.4, -0.2) is 30.1 Å². The van der Waals surface area contributed by atoms with Crippen molar-refractivity contribution in [3.8, 4) is 11.8 Å². The first-order valence-electron chi connectivity index (χ1n) is 8.80. The number of benzene rings is 1. The first-order valence-corrected chi connectivity index (χ1v) is 8.80. The fourth-order valence-electron chi connectivity index (χ4n) is 2.89. The smallest absolute Gasteiger partial charge is 0.261 e. The van der Waals surface area contributed by atoms with E-state index in [0.29, 0.717) is 17.9 Å². The van der Waals surface area contributed by atoms with Gasteiger partial charge in [0.1, 0.15) is 11.6 Å². The Morgan fingerprint density at radius 1 is 1.31 bits per heavy atom. The van der Waals surface area contributed by atoms with Gasteiger partial charge in [-0.3, -0.25) is 4.79 Å². The van der Waals surface area contributed by atoms with Crippen molar-refractivity contribution >= 4 is 11.7 Å². The van der Waals surface area contributed by atoms with Crippen LogP contribution in [-0.2, 0) is 11.3 Å². The van der Waals surface area contributed by atoms with Gasteiger partial charge in [0.15, 0.2) is 6.10 Å². The predicted octanol–water partition coefficient (Wildman–Crippen LogP) is 2.64. The molecule has 1 atom stereocenters. The number of carbonyl (C=O) groups excluding carboxylic acids is 1. The highest BCUT2D eigenvalue weighted by Gasteiger charge is 2.16. The van der Waals surface area contributed by atoms with Crippen LogP contribution in [0, 0.1) is 11.3 Å². The molecule has 3 rings (SSSR count). The van der Waals surface area contributed by atoms with Gasteiger partial charge in [-0.05, 0) is 61.7 Å². The van der Waals surface area contributed by atoms with Gasteiger partial charge in [0.25, 0.3) is 5.91 Å². The maximum atomic E-state index is 12.3. The van der Waals surface area contributed by atoms with Crippen molar-refractivity contribution in [1.29, 1.82) is 5.26 Å². The lowest BCUT2D eigenvalue weighted by Crippen LogP contribution is -2.36. The van der Waals surface area contributed by atoms with Crippen LogP contribution in [0.4, 0.5) is 5.82 Å². The molecule has 0 aliphatic carbocycles. The van der Waals surface area contributed by atoms with Gasteiger partial charge >= 0.3 is 0 Å². The molecule has 1 unspecified atom stereocenters. The number of carbonyl (C=O) groups is 1. The summed E-state index contributed by atoms with van der Waals surface area (Å²) in [5, 5.41) is 11.7. The van der Waals surface area contributed by atoms with Crippen LogP contribution >= 0.6 is 0 Å². The molecule has 2 aromatic rings. The molecule has 6 heteroatoms. The summed E-state index contributed by atoms with van der Waals surface area (Å²) in [7, 11) is 0. The highest BCUT2D eigenvalue weighted by Crippen LogP contribution is 2.18. The number of aromatic nitrogens is 1. The molecule has 26 heavy (non-hydrogen) atoms. The summed E-state index contributed by atoms with van der Waals surface area (Å²) in [5.41, 5.74) is 1.57. The van der Waals surface area contributed by atoms with E-state index in [1.807, 2.05) is 12.1 Å². The van der Waals surface area contributed by atoms with Gasteiger partial charge in [-0.2, -0.15) is 5.26 Å². The average Bonchev–Trinajstić information content (AvgIpc) is 3.22. The molecule has 1 aromatic carbocycles. The molecule has 1 aliphatic heterocycles. The minimum Gasteiger partial charge on any atom is -0.481 e. The summed E-state index contributed by atoms with van der Waals surface area (Å²) < 4.78 is 5.63. The molecule has 2 heterocycles. The number of nitrogens with one attached hydrogen (secondary N) is 1. The van der Waals surface area contributed by atoms with Crippen LogP contribution in [0.1, 0.15) is 30.9 Å². The fraction of sp³-hybridized carbons (Fsp3) is 0.350. The number of rotatable bonds is 6. The van der Waals surface area contributed by atoms with Crippen LogP contribution in [0.2, 0.25) is 0 Å². The number of hydrogen-bond donors (Lipinski definition) is 1. The Bertz CT molecular complexity index is 792. The molecule has 1 aromatic heterocycles. The van der Waals surface area contributed by atoms with Gasteiger partial charge in [-0.1, -0.05) is 0 Å². The van der Waals surface area contributed by atoms with Gasteiger partial charge in [0.05, 0.1) is 11.6 Å². The molecular weight excluding hydrogens is 328 g/mol. The van der Waals surface area contributed by atoms with E-state index in [0.717, 1.165) is 24.5 Å². The molecule has 1 aliphatic rings. The number of ether oxygens (including phenoxy) is 1. The van der Waals surface area contributed by atoms with E-state index in [4.69, 9.17) is 10.00 Å². The SMILES string of the molecule is CC(Oc1ccc(C#N)cc1)C(=O)NCc1ccnc(N2CCCC2)c1. The molecule has 1 amide bonds. The zero-order valence-electron chi connectivity index (χ0n) is 14.8. The standard InChI is InChI=1S/C20H22N4O2/c1-15(26-18-6-4-16(13-21)5-7-18)20(25)23-14-17-8-9-22-19(12-17)24-10-2-3-11-24/h4-9,12,15H,2-3,10-11,14H2,1H3,(H,23,25). The van der Waals surface area contributed by atoms with Crippen molar-refractivity contribution < 1.29 is 9.53 Å². The Balaban J connectivity index is 1.52. The molecule has 1 saturated heterocycles. The monoisotopic (exact) mass is 350 g/mol. The number of nitrogens with zero attached hydrogens (tertiary/aromatic N) is 3. The maximum absolute atomic E-state index is 12.3. The first-order chi connectivity index (χ1) is 12.7. The van der Waals surface area contributed by atoms with Crippen LogP contribution in [0.15, 0.2) is 42.6 Å². The van der Waals surface area contributed by atoms with Gasteiger partial charge < -0.3 is 15.0 Å². The second kappa shape index (κ2) is 8.34. The number of anilines is 1. The Hall–Kier alpha value is -3.07.